The third-order valence-electron chi connectivity index (χ3n) is 4.50. The van der Waals surface area contributed by atoms with Gasteiger partial charge in [0.05, 0.1) is 17.8 Å². The summed E-state index contributed by atoms with van der Waals surface area (Å²) in [7, 11) is -0.605. The Balaban J connectivity index is 1.62. The van der Waals surface area contributed by atoms with Crippen molar-refractivity contribution in [2.75, 3.05) is 27.2 Å². The molecule has 1 aliphatic heterocycles. The maximum atomic E-state index is 11.9. The van der Waals surface area contributed by atoms with Gasteiger partial charge in [-0.15, -0.1) is 0 Å². The van der Waals surface area contributed by atoms with Gasteiger partial charge in [-0.25, -0.2) is 4.98 Å². The molecule has 2 atom stereocenters. The lowest BCUT2D eigenvalue weighted by Crippen LogP contribution is -2.55. The summed E-state index contributed by atoms with van der Waals surface area (Å²) in [5, 5.41) is 10.3. The summed E-state index contributed by atoms with van der Waals surface area (Å²) in [5.74, 6) is 0. The van der Waals surface area contributed by atoms with Crippen LogP contribution in [0.2, 0.25) is 0 Å². The molecule has 1 saturated heterocycles. The SMILES string of the molecule is Cc1ccn2cc(CN3CC[C@@H](NS(=O)(=O)N(C)C)[C@H](O)C3)nc2c1. The van der Waals surface area contributed by atoms with Gasteiger partial charge < -0.3 is 9.51 Å². The summed E-state index contributed by atoms with van der Waals surface area (Å²) >= 11 is 0. The minimum Gasteiger partial charge on any atom is -0.390 e. The minimum atomic E-state index is -3.54. The average molecular weight is 367 g/mol. The number of aliphatic hydroxyl groups excluding tert-OH is 1. The topological polar surface area (TPSA) is 90.2 Å². The molecule has 0 saturated carbocycles. The van der Waals surface area contributed by atoms with Crippen molar-refractivity contribution in [3.63, 3.8) is 0 Å². The van der Waals surface area contributed by atoms with E-state index in [2.05, 4.69) is 14.6 Å². The molecule has 2 aromatic heterocycles. The van der Waals surface area contributed by atoms with E-state index in [4.69, 9.17) is 0 Å². The molecule has 9 heteroatoms. The molecule has 3 rings (SSSR count). The lowest BCUT2D eigenvalue weighted by molar-refractivity contribution is 0.0437. The van der Waals surface area contributed by atoms with Crippen molar-refractivity contribution in [3.05, 3.63) is 35.8 Å². The third kappa shape index (κ3) is 4.18. The Kier molecular flexibility index (Phi) is 5.12. The second-order valence-corrected chi connectivity index (χ2v) is 8.72. The van der Waals surface area contributed by atoms with Crippen LogP contribution in [-0.2, 0) is 16.8 Å². The first-order chi connectivity index (χ1) is 11.7. The lowest BCUT2D eigenvalue weighted by Gasteiger charge is -2.36. The quantitative estimate of drug-likeness (QED) is 0.775. The van der Waals surface area contributed by atoms with E-state index in [1.54, 1.807) is 0 Å². The summed E-state index contributed by atoms with van der Waals surface area (Å²) in [4.78, 5) is 6.71. The van der Waals surface area contributed by atoms with E-state index in [1.807, 2.05) is 35.9 Å². The van der Waals surface area contributed by atoms with Gasteiger partial charge in [0, 0.05) is 46.1 Å². The second kappa shape index (κ2) is 7.00. The summed E-state index contributed by atoms with van der Waals surface area (Å²) in [6.07, 6.45) is 3.78. The van der Waals surface area contributed by atoms with Crippen LogP contribution in [0.4, 0.5) is 0 Å². The first kappa shape index (κ1) is 18.3. The number of aryl methyl sites for hydroxylation is 1. The van der Waals surface area contributed by atoms with Crippen LogP contribution in [0.25, 0.3) is 5.65 Å². The van der Waals surface area contributed by atoms with Crippen molar-refractivity contribution in [1.29, 1.82) is 0 Å². The number of nitrogens with one attached hydrogen (secondary N) is 1. The number of likely N-dealkylation sites (tertiary alicyclic amines) is 1. The largest absolute Gasteiger partial charge is 0.390 e. The van der Waals surface area contributed by atoms with E-state index in [-0.39, 0.29) is 0 Å². The van der Waals surface area contributed by atoms with Crippen LogP contribution < -0.4 is 4.72 Å². The third-order valence-corrected chi connectivity index (χ3v) is 6.06. The predicted octanol–water partition coefficient (Wildman–Crippen LogP) is -0.0261. The van der Waals surface area contributed by atoms with Crippen LogP contribution in [0, 0.1) is 6.92 Å². The molecule has 2 aromatic rings. The van der Waals surface area contributed by atoms with E-state index < -0.39 is 22.4 Å². The highest BCUT2D eigenvalue weighted by atomic mass is 32.2. The van der Waals surface area contributed by atoms with Gasteiger partial charge in [-0.3, -0.25) is 4.90 Å². The van der Waals surface area contributed by atoms with Crippen LogP contribution in [0.5, 0.6) is 0 Å². The van der Waals surface area contributed by atoms with E-state index in [1.165, 1.54) is 14.1 Å². The number of rotatable bonds is 5. The number of hydrogen-bond acceptors (Lipinski definition) is 5. The van der Waals surface area contributed by atoms with Gasteiger partial charge in [0.25, 0.3) is 10.2 Å². The summed E-state index contributed by atoms with van der Waals surface area (Å²) in [6.45, 7) is 3.77. The fourth-order valence-corrected chi connectivity index (χ4v) is 3.88. The number of β-amino-alcohol motifs (C(OH)–C–C–N with tert-alkyl or cyclic N) is 1. The highest BCUT2D eigenvalue weighted by molar-refractivity contribution is 7.87. The maximum absolute atomic E-state index is 11.9. The molecule has 25 heavy (non-hydrogen) atoms. The lowest BCUT2D eigenvalue weighted by atomic mass is 10.0. The van der Waals surface area contributed by atoms with Gasteiger partial charge in [0.15, 0.2) is 0 Å². The summed E-state index contributed by atoms with van der Waals surface area (Å²) in [6, 6.07) is 3.60. The number of hydrogen-bond donors (Lipinski definition) is 2. The van der Waals surface area contributed by atoms with Crippen molar-refractivity contribution < 1.29 is 13.5 Å². The Morgan fingerprint density at radius 1 is 1.44 bits per heavy atom. The zero-order valence-corrected chi connectivity index (χ0v) is 15.6. The Morgan fingerprint density at radius 2 is 2.20 bits per heavy atom. The van der Waals surface area contributed by atoms with E-state index >= 15 is 0 Å². The molecule has 1 fully saturated rings. The van der Waals surface area contributed by atoms with E-state index in [0.29, 0.717) is 26.1 Å². The molecular formula is C16H25N5O3S. The fraction of sp³-hybridized carbons (Fsp3) is 0.562. The first-order valence-corrected chi connectivity index (χ1v) is 9.73. The van der Waals surface area contributed by atoms with Gasteiger partial charge in [-0.2, -0.15) is 17.4 Å². The van der Waals surface area contributed by atoms with Gasteiger partial charge in [-0.05, 0) is 31.0 Å². The zero-order chi connectivity index (χ0) is 18.2. The molecule has 0 bridgehead atoms. The van der Waals surface area contributed by atoms with Crippen LogP contribution in [0.15, 0.2) is 24.5 Å². The number of imidazole rings is 1. The number of fused-ring (bicyclic) bond motifs is 1. The number of nitrogens with zero attached hydrogens (tertiary/aromatic N) is 4. The first-order valence-electron chi connectivity index (χ1n) is 8.29. The Labute approximate surface area is 148 Å². The van der Waals surface area contributed by atoms with Gasteiger partial charge >= 0.3 is 0 Å². The number of pyridine rings is 1. The Bertz CT molecular complexity index is 849. The molecule has 138 valence electrons. The average Bonchev–Trinajstić information content (AvgIpc) is 2.91. The van der Waals surface area contributed by atoms with Gasteiger partial charge in [-0.1, -0.05) is 0 Å². The second-order valence-electron chi connectivity index (χ2n) is 6.80. The van der Waals surface area contributed by atoms with Crippen molar-refractivity contribution in [2.24, 2.45) is 0 Å². The van der Waals surface area contributed by atoms with Crippen LogP contribution >= 0.6 is 0 Å². The molecule has 3 heterocycles. The molecule has 1 aliphatic rings. The number of aliphatic hydroxyl groups is 1. The molecule has 2 N–H and O–H groups in total. The fourth-order valence-electron chi connectivity index (χ4n) is 3.02. The van der Waals surface area contributed by atoms with Crippen molar-refractivity contribution >= 4 is 15.9 Å². The van der Waals surface area contributed by atoms with Crippen molar-refractivity contribution in [1.82, 2.24) is 23.3 Å². The predicted molar refractivity (Wildman–Crippen MR) is 95.4 cm³/mol. The molecule has 0 unspecified atom stereocenters. The summed E-state index contributed by atoms with van der Waals surface area (Å²) in [5.41, 5.74) is 3.00. The molecule has 0 aliphatic carbocycles. The smallest absolute Gasteiger partial charge is 0.279 e. The van der Waals surface area contributed by atoms with Gasteiger partial charge in [0.2, 0.25) is 0 Å². The molecule has 0 radical (unpaired) electrons. The van der Waals surface area contributed by atoms with Crippen molar-refractivity contribution in [3.8, 4) is 0 Å². The molecule has 0 amide bonds. The van der Waals surface area contributed by atoms with E-state index in [9.17, 15) is 13.5 Å². The Morgan fingerprint density at radius 3 is 2.88 bits per heavy atom. The summed E-state index contributed by atoms with van der Waals surface area (Å²) < 4.78 is 29.5. The van der Waals surface area contributed by atoms with Crippen LogP contribution in [-0.4, -0.2) is 71.4 Å². The minimum absolute atomic E-state index is 0.410. The Hall–Kier alpha value is -1.52. The molecule has 0 aromatic carbocycles. The normalized spacial score (nSPS) is 22.8. The van der Waals surface area contributed by atoms with Crippen LogP contribution in [0.3, 0.4) is 0 Å². The van der Waals surface area contributed by atoms with Crippen molar-refractivity contribution in [2.45, 2.75) is 32.0 Å². The number of piperidine rings is 1. The monoisotopic (exact) mass is 367 g/mol. The molecule has 8 nitrogen and oxygen atoms in total. The zero-order valence-electron chi connectivity index (χ0n) is 14.8. The highest BCUT2D eigenvalue weighted by Gasteiger charge is 2.31. The molecule has 0 spiro atoms. The highest BCUT2D eigenvalue weighted by Crippen LogP contribution is 2.16. The van der Waals surface area contributed by atoms with Crippen LogP contribution in [0.1, 0.15) is 17.7 Å². The van der Waals surface area contributed by atoms with E-state index in [0.717, 1.165) is 21.2 Å². The standard InChI is InChI=1S/C16H25N5O3S/c1-12-4-7-21-10-13(17-16(21)8-12)9-20-6-5-14(15(22)11-20)18-25(23,24)19(2)3/h4,7-8,10,14-15,18,22H,5-6,9,11H2,1-3H3/t14-,15-/m1/s1. The number of aromatic nitrogens is 2. The van der Waals surface area contributed by atoms with Gasteiger partial charge in [0.1, 0.15) is 5.65 Å². The maximum Gasteiger partial charge on any atom is 0.279 e. The molecular weight excluding hydrogens is 342 g/mol.